The molecule has 0 atom stereocenters. The van der Waals surface area contributed by atoms with E-state index in [9.17, 15) is 28.8 Å². The van der Waals surface area contributed by atoms with Crippen molar-refractivity contribution >= 4 is 52.1 Å². The fraction of sp³-hybridized carbons (Fsp3) is 0.200. The first-order valence-corrected chi connectivity index (χ1v) is 11.3. The van der Waals surface area contributed by atoms with Gasteiger partial charge in [-0.1, -0.05) is 91.0 Å². The van der Waals surface area contributed by atoms with Crippen LogP contribution in [0.3, 0.4) is 0 Å². The maximum atomic E-state index is 11.2. The number of carbonyl (C=O) groups is 6. The van der Waals surface area contributed by atoms with Crippen molar-refractivity contribution in [2.45, 2.75) is 40.0 Å². The summed E-state index contributed by atoms with van der Waals surface area (Å²) in [6.07, 6.45) is 0.0119. The first-order valence-electron chi connectivity index (χ1n) is 11.3. The normalized spacial score (nSPS) is 9.16. The molecule has 0 spiro atoms. The Morgan fingerprint density at radius 2 is 0.595 bits per heavy atom. The van der Waals surface area contributed by atoms with Crippen molar-refractivity contribution in [1.82, 2.24) is 0 Å². The maximum Gasteiger partial charge on any atom is 0.170 e. The summed E-state index contributed by atoms with van der Waals surface area (Å²) in [6, 6.07) is 26.5. The van der Waals surface area contributed by atoms with Crippen LogP contribution in [0.1, 0.15) is 71.1 Å². The van der Waals surface area contributed by atoms with E-state index in [2.05, 4.69) is 0 Å². The maximum absolute atomic E-state index is 11.2. The molecule has 6 nitrogen and oxygen atoms in total. The van der Waals surface area contributed by atoms with Gasteiger partial charge in [0, 0.05) is 34.1 Å². The first kappa shape index (κ1) is 33.2. The van der Waals surface area contributed by atoms with Crippen LogP contribution in [0, 0.1) is 0 Å². The molecule has 3 aromatic carbocycles. The molecule has 3 aromatic rings. The Kier molecular flexibility index (Phi) is 16.6. The summed E-state index contributed by atoms with van der Waals surface area (Å²) >= 11 is 0. The lowest BCUT2D eigenvalue weighted by molar-refractivity contribution is -0.117. The smallest absolute Gasteiger partial charge is 0.170 e. The predicted octanol–water partition coefficient (Wildman–Crippen LogP) is 5.16. The topological polar surface area (TPSA) is 102 Å². The lowest BCUT2D eigenvalue weighted by Crippen LogP contribution is -2.04. The number of carbonyl (C=O) groups excluding carboxylic acids is 6. The van der Waals surface area contributed by atoms with E-state index in [1.807, 2.05) is 18.2 Å². The molecule has 0 aliphatic heterocycles. The van der Waals surface area contributed by atoms with E-state index in [4.69, 9.17) is 0 Å². The first-order chi connectivity index (χ1) is 17.1. The predicted molar refractivity (Wildman–Crippen MR) is 144 cm³/mol. The van der Waals surface area contributed by atoms with Gasteiger partial charge in [0.25, 0.3) is 0 Å². The summed E-state index contributed by atoms with van der Waals surface area (Å²) in [5.41, 5.74) is 1.81. The van der Waals surface area contributed by atoms with E-state index < -0.39 is 0 Å². The highest BCUT2D eigenvalue weighted by Gasteiger charge is 2.08. The molecule has 0 unspecified atom stereocenters. The van der Waals surface area contributed by atoms with Crippen LogP contribution in [-0.2, 0) is 14.4 Å². The van der Waals surface area contributed by atoms with E-state index in [-0.39, 0.29) is 71.3 Å². The number of hydrogen-bond acceptors (Lipinski definition) is 6. The molecule has 7 heteroatoms. The van der Waals surface area contributed by atoms with Crippen LogP contribution in [0.4, 0.5) is 0 Å². The lowest BCUT2D eigenvalue weighted by atomic mass is 10.1. The van der Waals surface area contributed by atoms with Gasteiger partial charge in [0.1, 0.15) is 17.3 Å². The largest absolute Gasteiger partial charge is 0.300 e. The SMILES string of the molecule is CC(=O)CC(=O)c1ccccc1.CC(=O)CC(=O)c1ccccc1.CC(=O)CC(=O)c1ccccc1.[Al]. The van der Waals surface area contributed by atoms with Crippen LogP contribution in [0.25, 0.3) is 0 Å². The van der Waals surface area contributed by atoms with Crippen molar-refractivity contribution in [3.8, 4) is 0 Å². The van der Waals surface area contributed by atoms with Crippen molar-refractivity contribution in [1.29, 1.82) is 0 Å². The van der Waals surface area contributed by atoms with Crippen LogP contribution in [0.2, 0.25) is 0 Å². The highest BCUT2D eigenvalue weighted by atomic mass is 27.0. The Morgan fingerprint density at radius 3 is 0.757 bits per heavy atom. The van der Waals surface area contributed by atoms with Crippen LogP contribution >= 0.6 is 0 Å². The van der Waals surface area contributed by atoms with Gasteiger partial charge in [-0.05, 0) is 20.8 Å². The number of Topliss-reactive ketones (excluding diaryl/α,β-unsaturated/α-hetero) is 6. The fourth-order valence-corrected chi connectivity index (χ4v) is 2.86. The molecule has 0 aliphatic rings. The molecule has 0 bridgehead atoms. The second-order valence-corrected chi connectivity index (χ2v) is 8.00. The third-order valence-corrected chi connectivity index (χ3v) is 4.52. The zero-order valence-electron chi connectivity index (χ0n) is 21.3. The van der Waals surface area contributed by atoms with Gasteiger partial charge < -0.3 is 0 Å². The van der Waals surface area contributed by atoms with Crippen LogP contribution in [0.5, 0.6) is 0 Å². The minimum Gasteiger partial charge on any atom is -0.300 e. The van der Waals surface area contributed by atoms with E-state index in [1.165, 1.54) is 20.8 Å². The summed E-state index contributed by atoms with van der Waals surface area (Å²) in [7, 11) is 0. The van der Waals surface area contributed by atoms with Gasteiger partial charge in [0.2, 0.25) is 0 Å². The Balaban J connectivity index is 0.000000518. The van der Waals surface area contributed by atoms with Crippen molar-refractivity contribution in [2.24, 2.45) is 0 Å². The average molecular weight is 514 g/mol. The molecule has 3 rings (SSSR count). The van der Waals surface area contributed by atoms with Gasteiger partial charge in [-0.15, -0.1) is 0 Å². The van der Waals surface area contributed by atoms with Crippen LogP contribution in [0.15, 0.2) is 91.0 Å². The molecule has 0 aromatic heterocycles. The minimum absolute atomic E-state index is 0. The minimum atomic E-state index is -0.108. The summed E-state index contributed by atoms with van der Waals surface area (Å²) in [6.45, 7) is 4.25. The van der Waals surface area contributed by atoms with E-state index in [0.29, 0.717) is 16.7 Å². The Labute approximate surface area is 228 Å². The number of rotatable bonds is 9. The summed E-state index contributed by atoms with van der Waals surface area (Å²) in [5.74, 6) is -0.606. The third-order valence-electron chi connectivity index (χ3n) is 4.52. The molecule has 0 fully saturated rings. The highest BCUT2D eigenvalue weighted by molar-refractivity contribution is 6.08. The van der Waals surface area contributed by atoms with E-state index >= 15 is 0 Å². The molecule has 0 saturated carbocycles. The molecule has 189 valence electrons. The quantitative estimate of drug-likeness (QED) is 0.222. The van der Waals surface area contributed by atoms with Gasteiger partial charge in [0.05, 0.1) is 19.3 Å². The third kappa shape index (κ3) is 15.0. The van der Waals surface area contributed by atoms with Gasteiger partial charge in [-0.3, -0.25) is 28.8 Å². The molecule has 0 aliphatic carbocycles. The molecule has 0 N–H and O–H groups in total. The summed E-state index contributed by atoms with van der Waals surface area (Å²) in [5, 5.41) is 0. The van der Waals surface area contributed by atoms with E-state index in [0.717, 1.165) is 0 Å². The molecule has 0 amide bonds. The second-order valence-electron chi connectivity index (χ2n) is 8.00. The van der Waals surface area contributed by atoms with Gasteiger partial charge in [-0.2, -0.15) is 0 Å². The zero-order chi connectivity index (χ0) is 26.9. The Bertz CT molecular complexity index is 1020. The number of benzene rings is 3. The van der Waals surface area contributed by atoms with Crippen molar-refractivity contribution in [2.75, 3.05) is 0 Å². The summed E-state index contributed by atoms with van der Waals surface area (Å²) < 4.78 is 0. The van der Waals surface area contributed by atoms with Crippen molar-refractivity contribution in [3.05, 3.63) is 108 Å². The lowest BCUT2D eigenvalue weighted by Gasteiger charge is -1.95. The standard InChI is InChI=1S/3C10H10O2.Al/c3*1-8(11)7-10(12)9-5-3-2-4-6-9;/h3*2-6H,7H2,1H3;. The molecule has 0 saturated heterocycles. The van der Waals surface area contributed by atoms with Gasteiger partial charge >= 0.3 is 0 Å². The van der Waals surface area contributed by atoms with Gasteiger partial charge in [0.15, 0.2) is 17.3 Å². The number of ketones is 6. The molecule has 3 radical (unpaired) electrons. The molecule has 0 heterocycles. The van der Waals surface area contributed by atoms with E-state index in [1.54, 1.807) is 72.8 Å². The molecular weight excluding hydrogens is 483 g/mol. The Hall–Kier alpha value is -3.79. The Morgan fingerprint density at radius 1 is 0.405 bits per heavy atom. The fourth-order valence-electron chi connectivity index (χ4n) is 2.86. The highest BCUT2D eigenvalue weighted by Crippen LogP contribution is 2.04. The molecule has 37 heavy (non-hydrogen) atoms. The van der Waals surface area contributed by atoms with Crippen LogP contribution < -0.4 is 0 Å². The molecular formula is C30H30AlO6. The summed E-state index contributed by atoms with van der Waals surface area (Å²) in [4.78, 5) is 65.5. The average Bonchev–Trinajstić information content (AvgIpc) is 2.85. The monoisotopic (exact) mass is 513 g/mol. The van der Waals surface area contributed by atoms with Gasteiger partial charge in [-0.25, -0.2) is 0 Å². The second kappa shape index (κ2) is 18.5. The van der Waals surface area contributed by atoms with Crippen LogP contribution in [-0.4, -0.2) is 52.1 Å². The van der Waals surface area contributed by atoms with Crippen molar-refractivity contribution in [3.63, 3.8) is 0 Å². The number of hydrogen-bond donors (Lipinski definition) is 0. The zero-order valence-corrected chi connectivity index (χ0v) is 22.5. The van der Waals surface area contributed by atoms with Crippen molar-refractivity contribution < 1.29 is 28.8 Å².